The van der Waals surface area contributed by atoms with Crippen molar-refractivity contribution in [2.45, 2.75) is 19.3 Å². The van der Waals surface area contributed by atoms with Gasteiger partial charge in [0, 0.05) is 37.3 Å². The maximum absolute atomic E-state index is 4.88. The monoisotopic (exact) mass is 398 g/mol. The number of rotatable bonds is 3. The fraction of sp³-hybridized carbons (Fsp3) is 0.273. The van der Waals surface area contributed by atoms with Crippen LogP contribution in [0.3, 0.4) is 0 Å². The molecule has 1 fully saturated rings. The van der Waals surface area contributed by atoms with E-state index in [9.17, 15) is 0 Å². The van der Waals surface area contributed by atoms with Gasteiger partial charge in [0.15, 0.2) is 0 Å². The number of aryl methyl sites for hydroxylation is 1. The Morgan fingerprint density at radius 2 is 1.90 bits per heavy atom. The highest BCUT2D eigenvalue weighted by atomic mass is 15.2. The van der Waals surface area contributed by atoms with E-state index in [2.05, 4.69) is 36.2 Å². The smallest absolute Gasteiger partial charge is 0.135 e. The maximum atomic E-state index is 4.88. The number of piperidine rings is 1. The third-order valence-corrected chi connectivity index (χ3v) is 5.88. The lowest BCUT2D eigenvalue weighted by Gasteiger charge is -2.28. The van der Waals surface area contributed by atoms with E-state index in [4.69, 9.17) is 4.98 Å². The molecular formula is C22H22N8. The zero-order valence-electron chi connectivity index (χ0n) is 16.8. The van der Waals surface area contributed by atoms with Crippen LogP contribution in [0.5, 0.6) is 0 Å². The van der Waals surface area contributed by atoms with Crippen molar-refractivity contribution in [2.24, 2.45) is 7.05 Å². The Morgan fingerprint density at radius 3 is 2.73 bits per heavy atom. The summed E-state index contributed by atoms with van der Waals surface area (Å²) in [6, 6.07) is 6.18. The summed E-state index contributed by atoms with van der Waals surface area (Å²) >= 11 is 0. The number of nitrogens with one attached hydrogen (secondary N) is 2. The van der Waals surface area contributed by atoms with E-state index in [0.29, 0.717) is 0 Å². The van der Waals surface area contributed by atoms with E-state index in [1.807, 2.05) is 44.0 Å². The maximum Gasteiger partial charge on any atom is 0.135 e. The minimum Gasteiger partial charge on any atom is -0.370 e. The molecule has 0 spiro atoms. The van der Waals surface area contributed by atoms with Crippen molar-refractivity contribution in [3.8, 4) is 22.6 Å². The summed E-state index contributed by atoms with van der Waals surface area (Å²) in [7, 11) is 1.91. The normalized spacial score (nSPS) is 14.8. The molecule has 5 aromatic rings. The van der Waals surface area contributed by atoms with Crippen LogP contribution in [-0.2, 0) is 7.05 Å². The lowest BCUT2D eigenvalue weighted by Crippen LogP contribution is -2.29. The Morgan fingerprint density at radius 1 is 1.00 bits per heavy atom. The van der Waals surface area contributed by atoms with E-state index in [1.165, 1.54) is 30.3 Å². The first-order valence-electron chi connectivity index (χ1n) is 10.3. The van der Waals surface area contributed by atoms with Crippen molar-refractivity contribution in [3.05, 3.63) is 43.0 Å². The SMILES string of the molecule is Cn1cc(-c2ccc3[nH]nc(-c4cc5c(N6CCCCC6)cncc5[nH]4)c3n2)cn1. The van der Waals surface area contributed by atoms with Crippen molar-refractivity contribution >= 4 is 27.6 Å². The van der Waals surface area contributed by atoms with Gasteiger partial charge < -0.3 is 9.88 Å². The predicted molar refractivity (Wildman–Crippen MR) is 117 cm³/mol. The first-order valence-corrected chi connectivity index (χ1v) is 10.3. The molecule has 0 aliphatic carbocycles. The standard InChI is InChI=1S/C22H22N8/c1-29-13-14(10-24-29)16-5-6-17-21(26-16)22(28-27-17)18-9-15-19(25-18)11-23-12-20(15)30-7-3-2-4-8-30/h5-6,9-13,25H,2-4,7-8H2,1H3,(H,27,28). The molecule has 5 aromatic heterocycles. The first-order chi connectivity index (χ1) is 14.8. The van der Waals surface area contributed by atoms with Gasteiger partial charge in [-0.1, -0.05) is 0 Å². The molecule has 0 bridgehead atoms. The third kappa shape index (κ3) is 2.75. The highest BCUT2D eigenvalue weighted by molar-refractivity contribution is 5.98. The molecule has 150 valence electrons. The molecule has 6 rings (SSSR count). The molecule has 1 aliphatic rings. The number of pyridine rings is 2. The van der Waals surface area contributed by atoms with E-state index in [0.717, 1.165) is 52.3 Å². The average Bonchev–Trinajstić information content (AvgIpc) is 3.50. The van der Waals surface area contributed by atoms with Crippen LogP contribution in [0.1, 0.15) is 19.3 Å². The van der Waals surface area contributed by atoms with Crippen LogP contribution < -0.4 is 4.90 Å². The highest BCUT2D eigenvalue weighted by Gasteiger charge is 2.18. The molecule has 2 N–H and O–H groups in total. The van der Waals surface area contributed by atoms with Crippen LogP contribution in [0, 0.1) is 0 Å². The first kappa shape index (κ1) is 17.2. The Balaban J connectivity index is 1.47. The van der Waals surface area contributed by atoms with E-state index in [1.54, 1.807) is 4.68 Å². The topological polar surface area (TPSA) is 91.3 Å². The number of aromatic amines is 2. The van der Waals surface area contributed by atoms with Gasteiger partial charge in [-0.15, -0.1) is 0 Å². The summed E-state index contributed by atoms with van der Waals surface area (Å²) in [5.41, 5.74) is 7.59. The number of H-pyrrole nitrogens is 2. The van der Waals surface area contributed by atoms with E-state index in [-0.39, 0.29) is 0 Å². The molecular weight excluding hydrogens is 376 g/mol. The average molecular weight is 398 g/mol. The Labute approximate surface area is 173 Å². The van der Waals surface area contributed by atoms with Crippen LogP contribution >= 0.6 is 0 Å². The molecule has 1 saturated heterocycles. The fourth-order valence-corrected chi connectivity index (χ4v) is 4.35. The second kappa shape index (κ2) is 6.69. The molecule has 0 aromatic carbocycles. The Bertz CT molecular complexity index is 1350. The van der Waals surface area contributed by atoms with Gasteiger partial charge in [-0.2, -0.15) is 10.2 Å². The largest absolute Gasteiger partial charge is 0.370 e. The molecule has 1 aliphatic heterocycles. The summed E-state index contributed by atoms with van der Waals surface area (Å²) in [5, 5.41) is 13.1. The lowest BCUT2D eigenvalue weighted by atomic mass is 10.1. The van der Waals surface area contributed by atoms with Crippen LogP contribution in [0.2, 0.25) is 0 Å². The van der Waals surface area contributed by atoms with Gasteiger partial charge in [-0.05, 0) is 37.5 Å². The van der Waals surface area contributed by atoms with Crippen molar-refractivity contribution in [2.75, 3.05) is 18.0 Å². The number of nitrogens with zero attached hydrogens (tertiary/aromatic N) is 6. The summed E-state index contributed by atoms with van der Waals surface area (Å²) in [6.07, 6.45) is 11.4. The zero-order chi connectivity index (χ0) is 20.1. The minimum absolute atomic E-state index is 0.816. The second-order valence-corrected chi connectivity index (χ2v) is 7.92. The van der Waals surface area contributed by atoms with Crippen molar-refractivity contribution in [3.63, 3.8) is 0 Å². The molecule has 30 heavy (non-hydrogen) atoms. The van der Waals surface area contributed by atoms with Gasteiger partial charge >= 0.3 is 0 Å². The molecule has 0 saturated carbocycles. The second-order valence-electron chi connectivity index (χ2n) is 7.92. The molecule has 6 heterocycles. The van der Waals surface area contributed by atoms with E-state index < -0.39 is 0 Å². The van der Waals surface area contributed by atoms with Crippen molar-refractivity contribution in [1.82, 2.24) is 34.9 Å². The van der Waals surface area contributed by atoms with Gasteiger partial charge in [0.05, 0.1) is 46.7 Å². The summed E-state index contributed by atoms with van der Waals surface area (Å²) in [6.45, 7) is 2.17. The van der Waals surface area contributed by atoms with Crippen LogP contribution in [0.15, 0.2) is 43.0 Å². The lowest BCUT2D eigenvalue weighted by molar-refractivity contribution is 0.578. The molecule has 0 radical (unpaired) electrons. The molecule has 0 unspecified atom stereocenters. The number of fused-ring (bicyclic) bond motifs is 2. The van der Waals surface area contributed by atoms with Crippen LogP contribution in [0.25, 0.3) is 44.6 Å². The molecule has 0 amide bonds. The zero-order valence-corrected chi connectivity index (χ0v) is 16.8. The van der Waals surface area contributed by atoms with Crippen LogP contribution in [-0.4, -0.2) is 48.0 Å². The Kier molecular flexibility index (Phi) is 3.83. The highest BCUT2D eigenvalue weighted by Crippen LogP contribution is 2.33. The van der Waals surface area contributed by atoms with Crippen LogP contribution in [0.4, 0.5) is 5.69 Å². The number of aromatic nitrogens is 7. The van der Waals surface area contributed by atoms with Gasteiger partial charge in [-0.3, -0.25) is 14.8 Å². The predicted octanol–water partition coefficient (Wildman–Crippen LogP) is 3.89. The Hall–Kier alpha value is -3.68. The fourth-order valence-electron chi connectivity index (χ4n) is 4.35. The number of hydrogen-bond acceptors (Lipinski definition) is 5. The molecule has 8 heteroatoms. The van der Waals surface area contributed by atoms with Gasteiger partial charge in [0.1, 0.15) is 11.2 Å². The number of hydrogen-bond donors (Lipinski definition) is 2. The number of anilines is 1. The molecule has 0 atom stereocenters. The summed E-state index contributed by atoms with van der Waals surface area (Å²) in [4.78, 5) is 15.3. The summed E-state index contributed by atoms with van der Waals surface area (Å²) in [5.74, 6) is 0. The molecule has 8 nitrogen and oxygen atoms in total. The van der Waals surface area contributed by atoms with Crippen molar-refractivity contribution < 1.29 is 0 Å². The van der Waals surface area contributed by atoms with Gasteiger partial charge in [0.25, 0.3) is 0 Å². The third-order valence-electron chi connectivity index (χ3n) is 5.88. The minimum atomic E-state index is 0.816. The van der Waals surface area contributed by atoms with Crippen molar-refractivity contribution in [1.29, 1.82) is 0 Å². The van der Waals surface area contributed by atoms with Gasteiger partial charge in [-0.25, -0.2) is 4.98 Å². The quantitative estimate of drug-likeness (QED) is 0.481. The van der Waals surface area contributed by atoms with E-state index >= 15 is 0 Å². The van der Waals surface area contributed by atoms with Gasteiger partial charge in [0.2, 0.25) is 0 Å². The summed E-state index contributed by atoms with van der Waals surface area (Å²) < 4.78 is 1.78.